The van der Waals surface area contributed by atoms with Crippen LogP contribution in [0, 0.1) is 13.8 Å². The molecule has 10 heteroatoms. The van der Waals surface area contributed by atoms with Gasteiger partial charge in [-0.3, -0.25) is 9.02 Å². The van der Waals surface area contributed by atoms with Crippen LogP contribution < -0.4 is 10.1 Å². The van der Waals surface area contributed by atoms with Crippen molar-refractivity contribution in [2.24, 2.45) is 7.05 Å². The highest BCUT2D eigenvalue weighted by Gasteiger charge is 2.16. The number of ether oxygens (including phenoxy) is 1. The van der Waals surface area contributed by atoms with E-state index in [4.69, 9.17) is 16.3 Å². The Hall–Kier alpha value is -1.90. The number of fused-ring (bicyclic) bond motifs is 1. The maximum absolute atomic E-state index is 6.29. The molecule has 1 atom stereocenters. The summed E-state index contributed by atoms with van der Waals surface area (Å²) in [5, 5.41) is 8.38. The van der Waals surface area contributed by atoms with Crippen LogP contribution in [-0.2, 0) is 7.05 Å². The van der Waals surface area contributed by atoms with Crippen LogP contribution in [-0.4, -0.2) is 31.2 Å². The number of nitrogens with one attached hydrogen (secondary N) is 1. The van der Waals surface area contributed by atoms with Gasteiger partial charge in [-0.25, -0.2) is 9.97 Å². The number of aromatic nitrogens is 5. The molecule has 3 heterocycles. The number of rotatable bonds is 5. The predicted octanol–water partition coefficient (Wildman–Crippen LogP) is 7.70. The lowest BCUT2D eigenvalue weighted by molar-refractivity contribution is 0.417. The molecule has 178 valence electrons. The zero-order chi connectivity index (χ0) is 24.7. The van der Waals surface area contributed by atoms with E-state index in [0.29, 0.717) is 17.3 Å². The molecule has 0 aliphatic carbocycles. The van der Waals surface area contributed by atoms with E-state index in [0.717, 1.165) is 45.3 Å². The number of imidazole rings is 1. The zero-order valence-corrected chi connectivity index (χ0v) is 24.2. The second-order valence-corrected chi connectivity index (χ2v) is 9.03. The Morgan fingerprint density at radius 1 is 1.03 bits per heavy atom. The summed E-state index contributed by atoms with van der Waals surface area (Å²) >= 11 is 8.61. The Bertz CT molecular complexity index is 1200. The van der Waals surface area contributed by atoms with E-state index in [1.165, 1.54) is 0 Å². The molecular weight excluding hydrogens is 570 g/mol. The lowest BCUT2D eigenvalue weighted by Crippen LogP contribution is -1.97. The number of halogens is 2. The summed E-state index contributed by atoms with van der Waals surface area (Å²) in [5.74, 6) is 1.61. The van der Waals surface area contributed by atoms with Gasteiger partial charge in [0.2, 0.25) is 0 Å². The molecule has 3 aromatic heterocycles. The van der Waals surface area contributed by atoms with Crippen LogP contribution >= 0.6 is 40.0 Å². The molecule has 7 nitrogen and oxygen atoms in total. The Balaban J connectivity index is 0.000000914. The van der Waals surface area contributed by atoms with Crippen molar-refractivity contribution in [1.82, 2.24) is 24.1 Å². The highest BCUT2D eigenvalue weighted by Crippen LogP contribution is 2.37. The number of hydrogen-bond acceptors (Lipinski definition) is 5. The molecule has 1 unspecified atom stereocenters. The average Bonchev–Trinajstić information content (AvgIpc) is 3.34. The summed E-state index contributed by atoms with van der Waals surface area (Å²) in [7, 11) is 3.58. The van der Waals surface area contributed by atoms with Gasteiger partial charge in [0.05, 0.1) is 30.6 Å². The van der Waals surface area contributed by atoms with E-state index in [9.17, 15) is 0 Å². The minimum atomic E-state index is 0.412. The van der Waals surface area contributed by atoms with Gasteiger partial charge in [-0.2, -0.15) is 5.10 Å². The minimum absolute atomic E-state index is 0.412. The van der Waals surface area contributed by atoms with Crippen LogP contribution in [0.3, 0.4) is 0 Å². The lowest BCUT2D eigenvalue weighted by atomic mass is 10.1. The zero-order valence-electron chi connectivity index (χ0n) is 20.3. The smallest absolute Gasteiger partial charge is 0.167 e. The molecule has 1 N–H and O–H groups in total. The molecule has 0 fully saturated rings. The Kier molecular flexibility index (Phi) is 10.4. The second-order valence-electron chi connectivity index (χ2n) is 6.58. The van der Waals surface area contributed by atoms with Crippen LogP contribution in [0.4, 0.5) is 11.4 Å². The van der Waals surface area contributed by atoms with Gasteiger partial charge in [-0.15, -0.1) is 0 Å². The summed E-state index contributed by atoms with van der Waals surface area (Å²) in [5.41, 5.74) is 6.14. The molecule has 0 amide bonds. The van der Waals surface area contributed by atoms with Crippen LogP contribution in [0.5, 0.6) is 5.75 Å². The summed E-state index contributed by atoms with van der Waals surface area (Å²) < 4.78 is 9.55. The van der Waals surface area contributed by atoms with Crippen molar-refractivity contribution in [3.8, 4) is 17.0 Å². The fourth-order valence-corrected chi connectivity index (χ4v) is 5.45. The van der Waals surface area contributed by atoms with E-state index >= 15 is 0 Å². The fraction of sp³-hybridized carbons (Fsp3) is 0.348. The minimum Gasteiger partial charge on any atom is -0.495 e. The topological polar surface area (TPSA) is 69.8 Å². The van der Waals surface area contributed by atoms with Gasteiger partial charge in [-0.05, 0) is 54.1 Å². The number of benzene rings is 1. The Labute approximate surface area is 215 Å². The number of pyridine rings is 1. The molecule has 0 saturated carbocycles. The Morgan fingerprint density at radius 3 is 2.30 bits per heavy atom. The number of methoxy groups -OCH3 is 1. The third-order valence-electron chi connectivity index (χ3n) is 4.72. The highest BCUT2D eigenvalue weighted by molar-refractivity contribution is 14.2. The SMILES string of the molecule is CC.CC.COc1cc(-c2cc(C)n(C)n2)ccc1Nc1cc(Cl)nc2c1nc(C)n2PI. The first-order chi connectivity index (χ1) is 15.9. The lowest BCUT2D eigenvalue weighted by Gasteiger charge is -2.13. The van der Waals surface area contributed by atoms with Crippen molar-refractivity contribution in [2.45, 2.75) is 41.5 Å². The maximum atomic E-state index is 6.29. The largest absolute Gasteiger partial charge is 0.495 e. The van der Waals surface area contributed by atoms with Crippen molar-refractivity contribution in [3.05, 3.63) is 47.0 Å². The first-order valence-electron chi connectivity index (χ1n) is 10.8. The molecule has 0 spiro atoms. The third-order valence-corrected chi connectivity index (χ3v) is 7.06. The molecule has 0 saturated heterocycles. The van der Waals surface area contributed by atoms with Crippen molar-refractivity contribution < 1.29 is 4.74 Å². The number of aryl methyl sites for hydroxylation is 3. The molecule has 0 radical (unpaired) electrons. The first-order valence-corrected chi connectivity index (χ1v) is 15.2. The molecule has 4 aromatic rings. The van der Waals surface area contributed by atoms with Gasteiger partial charge in [0.25, 0.3) is 0 Å². The molecule has 4 rings (SSSR count). The van der Waals surface area contributed by atoms with Crippen molar-refractivity contribution in [3.63, 3.8) is 0 Å². The summed E-state index contributed by atoms with van der Waals surface area (Å²) in [6, 6.07) is 9.80. The van der Waals surface area contributed by atoms with Crippen molar-refractivity contribution in [1.29, 1.82) is 0 Å². The summed E-state index contributed by atoms with van der Waals surface area (Å²) in [4.78, 5) is 9.14. The molecule has 0 bridgehead atoms. The predicted molar refractivity (Wildman–Crippen MR) is 151 cm³/mol. The molecule has 0 aliphatic heterocycles. The normalized spacial score (nSPS) is 10.6. The highest BCUT2D eigenvalue weighted by atomic mass is 127. The van der Waals surface area contributed by atoms with Crippen LogP contribution in [0.15, 0.2) is 30.3 Å². The van der Waals surface area contributed by atoms with E-state index in [1.807, 2.05) is 77.5 Å². The average molecular weight is 601 g/mol. The first kappa shape index (κ1) is 27.3. The number of nitrogens with zero attached hydrogens (tertiary/aromatic N) is 5. The van der Waals surface area contributed by atoms with Gasteiger partial charge < -0.3 is 10.1 Å². The molecular formula is C23H31ClIN6OP. The fourth-order valence-electron chi connectivity index (χ4n) is 3.12. The van der Waals surface area contributed by atoms with Crippen LogP contribution in [0.25, 0.3) is 22.4 Å². The van der Waals surface area contributed by atoms with Gasteiger partial charge in [0, 0.05) is 24.4 Å². The van der Waals surface area contributed by atoms with Gasteiger partial charge in [0.1, 0.15) is 22.2 Å². The van der Waals surface area contributed by atoms with Crippen molar-refractivity contribution in [2.75, 3.05) is 12.4 Å². The maximum Gasteiger partial charge on any atom is 0.167 e. The van der Waals surface area contributed by atoms with Crippen molar-refractivity contribution >= 4 is 62.6 Å². The Morgan fingerprint density at radius 2 is 1.73 bits per heavy atom. The monoisotopic (exact) mass is 600 g/mol. The van der Waals surface area contributed by atoms with Gasteiger partial charge >= 0.3 is 0 Å². The molecule has 1 aromatic carbocycles. The quantitative estimate of drug-likeness (QED) is 0.144. The van der Waals surface area contributed by atoms with E-state index in [2.05, 4.69) is 46.8 Å². The molecule has 33 heavy (non-hydrogen) atoms. The van der Waals surface area contributed by atoms with Crippen LogP contribution in [0.1, 0.15) is 39.2 Å². The van der Waals surface area contributed by atoms with E-state index in [-0.39, 0.29) is 0 Å². The van der Waals surface area contributed by atoms with E-state index in [1.54, 1.807) is 13.2 Å². The second kappa shape index (κ2) is 12.5. The summed E-state index contributed by atoms with van der Waals surface area (Å²) in [6.45, 7) is 12.0. The number of anilines is 2. The summed E-state index contributed by atoms with van der Waals surface area (Å²) in [6.07, 6.45) is 0.490. The number of hydrogen-bond donors (Lipinski definition) is 1. The standard InChI is InChI=1S/C19H19ClIN6OP.2C2H6/c1-10-7-14(25-26(10)3)12-5-6-13(16(8-12)28-4)23-15-9-17(20)24-19-18(15)22-11(2)27(19)29-21;2*1-2/h5-9,29H,1-4H3,(H,23,24);2*1-2H3. The van der Waals surface area contributed by atoms with Gasteiger partial charge in [-0.1, -0.05) is 45.4 Å². The van der Waals surface area contributed by atoms with E-state index < -0.39 is 0 Å². The van der Waals surface area contributed by atoms with Crippen LogP contribution in [0.2, 0.25) is 5.15 Å². The third kappa shape index (κ3) is 5.97. The van der Waals surface area contributed by atoms with Gasteiger partial charge in [0.15, 0.2) is 5.65 Å². The molecule has 0 aliphatic rings.